The van der Waals surface area contributed by atoms with E-state index in [1.54, 1.807) is 12.1 Å². The summed E-state index contributed by atoms with van der Waals surface area (Å²) in [7, 11) is -2.21. The van der Waals surface area contributed by atoms with Crippen molar-refractivity contribution in [2.24, 2.45) is 5.92 Å². The topological polar surface area (TPSA) is 49.8 Å². The Morgan fingerprint density at radius 3 is 1.78 bits per heavy atom. The summed E-state index contributed by atoms with van der Waals surface area (Å²) in [6.07, 6.45) is 1.96. The summed E-state index contributed by atoms with van der Waals surface area (Å²) >= 11 is 0. The largest absolute Gasteiger partial charge is 0.508 e. The van der Waals surface area contributed by atoms with Crippen molar-refractivity contribution in [3.8, 4) is 5.75 Å². The van der Waals surface area contributed by atoms with Crippen LogP contribution in [-0.2, 0) is 16.1 Å². The first-order valence-electron chi connectivity index (χ1n) is 14.3. The minimum Gasteiger partial charge on any atom is -0.508 e. The van der Waals surface area contributed by atoms with E-state index < -0.39 is 7.26 Å². The van der Waals surface area contributed by atoms with Crippen molar-refractivity contribution < 1.29 is 14.6 Å². The lowest BCUT2D eigenvalue weighted by molar-refractivity contribution is -0.148. The van der Waals surface area contributed by atoms with Crippen LogP contribution in [0.3, 0.4) is 0 Å². The predicted octanol–water partition coefficient (Wildman–Crippen LogP) is 6.25. The van der Waals surface area contributed by atoms with Gasteiger partial charge in [0.1, 0.15) is 21.7 Å². The van der Waals surface area contributed by atoms with E-state index in [1.807, 2.05) is 24.3 Å². The van der Waals surface area contributed by atoms with Crippen molar-refractivity contribution in [2.45, 2.75) is 19.4 Å². The summed E-state index contributed by atoms with van der Waals surface area (Å²) in [5.41, 5.74) is 1.24. The van der Waals surface area contributed by atoms with Crippen LogP contribution in [0.2, 0.25) is 0 Å². The average molecular weight is 561 g/mol. The number of phenols is 1. The van der Waals surface area contributed by atoms with Crippen molar-refractivity contribution in [1.82, 2.24) is 4.90 Å². The summed E-state index contributed by atoms with van der Waals surface area (Å²) in [6.45, 7) is 2.58. The SMILES string of the molecule is O=C(OC[P+](c1ccccc1)(c1ccccc1)c1ccccc1)C1CCN(Cc2ccc3cc(O)ccc3c2)CC1. The van der Waals surface area contributed by atoms with Crippen LogP contribution in [0.5, 0.6) is 5.75 Å². The van der Waals surface area contributed by atoms with Gasteiger partial charge in [-0.1, -0.05) is 72.8 Å². The highest BCUT2D eigenvalue weighted by Gasteiger charge is 2.47. The number of rotatable bonds is 8. The second kappa shape index (κ2) is 12.3. The lowest BCUT2D eigenvalue weighted by Gasteiger charge is -2.32. The molecule has 1 heterocycles. The first-order chi connectivity index (χ1) is 20.1. The molecule has 0 saturated carbocycles. The van der Waals surface area contributed by atoms with Crippen molar-refractivity contribution in [2.75, 3.05) is 19.4 Å². The number of likely N-dealkylation sites (tertiary alicyclic amines) is 1. The molecule has 1 aliphatic heterocycles. The number of carbonyl (C=O) groups excluding carboxylic acids is 1. The molecule has 0 unspecified atom stereocenters. The minimum atomic E-state index is -2.21. The van der Waals surface area contributed by atoms with Gasteiger partial charge in [-0.2, -0.15) is 0 Å². The molecule has 1 N–H and O–H groups in total. The Hall–Kier alpha value is -3.98. The van der Waals surface area contributed by atoms with Crippen molar-refractivity contribution in [1.29, 1.82) is 0 Å². The second-order valence-corrected chi connectivity index (χ2v) is 14.3. The Bertz CT molecular complexity index is 1500. The highest BCUT2D eigenvalue weighted by atomic mass is 31.2. The normalized spacial score (nSPS) is 14.6. The van der Waals surface area contributed by atoms with Crippen LogP contribution in [-0.4, -0.2) is 35.4 Å². The van der Waals surface area contributed by atoms with Gasteiger partial charge in [0.15, 0.2) is 7.26 Å². The number of hydrogen-bond acceptors (Lipinski definition) is 4. The first kappa shape index (κ1) is 27.2. The lowest BCUT2D eigenvalue weighted by atomic mass is 9.96. The lowest BCUT2D eigenvalue weighted by Crippen LogP contribution is -2.38. The molecule has 6 rings (SSSR count). The van der Waals surface area contributed by atoms with Crippen LogP contribution in [0.1, 0.15) is 18.4 Å². The zero-order chi connectivity index (χ0) is 28.1. The molecule has 0 bridgehead atoms. The van der Waals surface area contributed by atoms with E-state index in [0.717, 1.165) is 43.2 Å². The summed E-state index contributed by atoms with van der Waals surface area (Å²) < 4.78 is 6.29. The molecule has 1 aliphatic rings. The number of esters is 1. The Kier molecular flexibility index (Phi) is 8.14. The van der Waals surface area contributed by atoms with E-state index in [-0.39, 0.29) is 17.6 Å². The third kappa shape index (κ3) is 5.91. The molecule has 0 atom stereocenters. The van der Waals surface area contributed by atoms with E-state index in [4.69, 9.17) is 4.74 Å². The molecule has 206 valence electrons. The third-order valence-electron chi connectivity index (χ3n) is 8.21. The summed E-state index contributed by atoms with van der Waals surface area (Å²) in [4.78, 5) is 16.0. The van der Waals surface area contributed by atoms with Gasteiger partial charge in [0.2, 0.25) is 6.35 Å². The maximum absolute atomic E-state index is 13.5. The number of piperidine rings is 1. The Morgan fingerprint density at radius 2 is 1.22 bits per heavy atom. The minimum absolute atomic E-state index is 0.0812. The number of carbonyl (C=O) groups is 1. The molecule has 0 aromatic heterocycles. The zero-order valence-corrected chi connectivity index (χ0v) is 24.0. The molecule has 0 radical (unpaired) electrons. The first-order valence-corrected chi connectivity index (χ1v) is 16.2. The van der Waals surface area contributed by atoms with Gasteiger partial charge in [-0.3, -0.25) is 9.69 Å². The standard InChI is InChI=1S/C36H34NO3P/c38-32-19-18-30-24-28(16-17-31(30)25-32)26-37-22-20-29(21-23-37)36(39)40-27-41(33-10-4-1-5-11-33,34-12-6-2-7-13-34)35-14-8-3-9-15-35/h1-19,24-25,29H,20-23,26-27H2/p+1. The number of ether oxygens (including phenoxy) is 1. The number of phenolic OH excluding ortho intramolecular Hbond substituents is 1. The van der Waals surface area contributed by atoms with E-state index in [1.165, 1.54) is 21.5 Å². The number of nitrogens with zero attached hydrogens (tertiary/aromatic N) is 1. The van der Waals surface area contributed by atoms with E-state index in [0.29, 0.717) is 6.35 Å². The maximum Gasteiger partial charge on any atom is 0.312 e. The van der Waals surface area contributed by atoms with Crippen molar-refractivity contribution in [3.63, 3.8) is 0 Å². The van der Waals surface area contributed by atoms with Crippen LogP contribution in [0.15, 0.2) is 127 Å². The molecule has 5 aromatic rings. The molecular weight excluding hydrogens is 525 g/mol. The summed E-state index contributed by atoms with van der Waals surface area (Å²) in [5, 5.41) is 15.5. The summed E-state index contributed by atoms with van der Waals surface area (Å²) in [5.74, 6) is 0.118. The maximum atomic E-state index is 13.5. The fourth-order valence-electron chi connectivity index (χ4n) is 5.96. The molecule has 0 amide bonds. The van der Waals surface area contributed by atoms with Gasteiger partial charge >= 0.3 is 5.97 Å². The Balaban J connectivity index is 1.16. The highest BCUT2D eigenvalue weighted by molar-refractivity contribution is 7.95. The molecule has 5 aromatic carbocycles. The number of aromatic hydroxyl groups is 1. The Morgan fingerprint density at radius 1 is 0.707 bits per heavy atom. The third-order valence-corrected chi connectivity index (χ3v) is 12.3. The van der Waals surface area contributed by atoms with E-state index >= 15 is 0 Å². The van der Waals surface area contributed by atoms with E-state index in [2.05, 4.69) is 95.9 Å². The molecule has 1 saturated heterocycles. The zero-order valence-electron chi connectivity index (χ0n) is 23.1. The van der Waals surface area contributed by atoms with Gasteiger partial charge in [-0.05, 0) is 96.9 Å². The van der Waals surface area contributed by atoms with Crippen LogP contribution >= 0.6 is 7.26 Å². The molecule has 1 fully saturated rings. The fraction of sp³-hybridized carbons (Fsp3) is 0.194. The van der Waals surface area contributed by atoms with E-state index in [9.17, 15) is 9.90 Å². The van der Waals surface area contributed by atoms with Gasteiger partial charge in [-0.15, -0.1) is 0 Å². The number of fused-ring (bicyclic) bond motifs is 1. The van der Waals surface area contributed by atoms with Gasteiger partial charge in [-0.25, -0.2) is 0 Å². The average Bonchev–Trinajstić information content (AvgIpc) is 3.03. The fourth-order valence-corrected chi connectivity index (χ4v) is 9.67. The molecule has 0 aliphatic carbocycles. The van der Waals surface area contributed by atoms with Gasteiger partial charge in [0.25, 0.3) is 0 Å². The molecule has 5 heteroatoms. The highest BCUT2D eigenvalue weighted by Crippen LogP contribution is 2.55. The summed E-state index contributed by atoms with van der Waals surface area (Å²) in [6, 6.07) is 43.5. The predicted molar refractivity (Wildman–Crippen MR) is 170 cm³/mol. The smallest absolute Gasteiger partial charge is 0.312 e. The second-order valence-electron chi connectivity index (χ2n) is 10.8. The molecule has 41 heavy (non-hydrogen) atoms. The Labute approximate surface area is 242 Å². The van der Waals surface area contributed by atoms with Crippen LogP contribution in [0.25, 0.3) is 10.8 Å². The van der Waals surface area contributed by atoms with Crippen LogP contribution < -0.4 is 15.9 Å². The molecular formula is C36H35NO3P+. The quantitative estimate of drug-likeness (QED) is 0.180. The molecule has 0 spiro atoms. The van der Waals surface area contributed by atoms with Crippen LogP contribution in [0, 0.1) is 5.92 Å². The number of hydrogen-bond donors (Lipinski definition) is 1. The van der Waals surface area contributed by atoms with Gasteiger partial charge < -0.3 is 9.84 Å². The van der Waals surface area contributed by atoms with Crippen molar-refractivity contribution >= 4 is 39.9 Å². The van der Waals surface area contributed by atoms with Crippen LogP contribution in [0.4, 0.5) is 0 Å². The number of benzene rings is 5. The monoisotopic (exact) mass is 560 g/mol. The van der Waals surface area contributed by atoms with Gasteiger partial charge in [0.05, 0.1) is 5.92 Å². The van der Waals surface area contributed by atoms with Gasteiger partial charge in [0, 0.05) is 6.54 Å². The van der Waals surface area contributed by atoms with Crippen molar-refractivity contribution in [3.05, 3.63) is 133 Å². The molecule has 4 nitrogen and oxygen atoms in total.